The Balaban J connectivity index is 1.59. The molecule has 8 heteroatoms. The van der Waals surface area contributed by atoms with Crippen molar-refractivity contribution in [3.63, 3.8) is 0 Å². The van der Waals surface area contributed by atoms with Crippen LogP contribution >= 0.6 is 0 Å². The summed E-state index contributed by atoms with van der Waals surface area (Å²) in [5, 5.41) is 17.3. The highest BCUT2D eigenvalue weighted by molar-refractivity contribution is 5.77. The first-order valence-corrected chi connectivity index (χ1v) is 13.3. The number of rotatable bonds is 17. The number of hydrogen-bond donors (Lipinski definition) is 3. The third-order valence-electron chi connectivity index (χ3n) is 6.72. The lowest BCUT2D eigenvalue weighted by Gasteiger charge is -2.27. The van der Waals surface area contributed by atoms with Gasteiger partial charge in [0.1, 0.15) is 18.2 Å². The van der Waals surface area contributed by atoms with Crippen LogP contribution in [0.25, 0.3) is 0 Å². The van der Waals surface area contributed by atoms with Crippen molar-refractivity contribution in [2.45, 2.75) is 70.1 Å². The number of hydrogen-bond acceptors (Lipinski definition) is 5. The highest BCUT2D eigenvalue weighted by Gasteiger charge is 2.44. The molecule has 0 spiro atoms. The van der Waals surface area contributed by atoms with Crippen molar-refractivity contribution >= 4 is 5.91 Å². The Hall–Kier alpha value is -2.39. The molecule has 2 aromatic rings. The van der Waals surface area contributed by atoms with Crippen LogP contribution in [-0.4, -0.2) is 56.1 Å². The lowest BCUT2D eigenvalue weighted by molar-refractivity contribution is -0.127. The molecule has 3 rings (SSSR count). The Labute approximate surface area is 218 Å². The number of halogens is 2. The Bertz CT molecular complexity index is 979. The topological polar surface area (TPSA) is 79.8 Å². The van der Waals surface area contributed by atoms with E-state index < -0.39 is 29.7 Å². The van der Waals surface area contributed by atoms with E-state index in [4.69, 9.17) is 9.47 Å². The minimum atomic E-state index is -0.987. The largest absolute Gasteiger partial charge is 0.390 e. The number of ether oxygens (including phenoxy) is 2. The molecular formula is C29H40F2N2O4. The number of aliphatic hydroxyl groups excluding tert-OH is 1. The lowest BCUT2D eigenvalue weighted by Crippen LogP contribution is -2.51. The monoisotopic (exact) mass is 518 g/mol. The van der Waals surface area contributed by atoms with Gasteiger partial charge in [0.25, 0.3) is 0 Å². The smallest absolute Gasteiger partial charge is 0.246 e. The SMILES string of the molecule is CCCCOCCOCC(=O)N[C@@H](Cc1cc(F)cc(F)c1)[C@H](O)CNC1(c2cccc(CC)c2)CC1. The van der Waals surface area contributed by atoms with Crippen molar-refractivity contribution in [2.75, 3.05) is 33.0 Å². The first-order chi connectivity index (χ1) is 17.8. The van der Waals surface area contributed by atoms with Crippen molar-refractivity contribution in [3.05, 3.63) is 70.8 Å². The molecule has 2 aromatic carbocycles. The summed E-state index contributed by atoms with van der Waals surface area (Å²) in [6.45, 7) is 5.54. The maximum atomic E-state index is 13.8. The van der Waals surface area contributed by atoms with E-state index in [1.165, 1.54) is 23.3 Å². The van der Waals surface area contributed by atoms with Crippen molar-refractivity contribution in [3.8, 4) is 0 Å². The van der Waals surface area contributed by atoms with E-state index in [0.717, 1.165) is 38.2 Å². The summed E-state index contributed by atoms with van der Waals surface area (Å²) in [7, 11) is 0. The number of unbranched alkanes of at least 4 members (excludes halogenated alkanes) is 1. The maximum absolute atomic E-state index is 13.8. The maximum Gasteiger partial charge on any atom is 0.246 e. The highest BCUT2D eigenvalue weighted by Crippen LogP contribution is 2.45. The summed E-state index contributed by atoms with van der Waals surface area (Å²) in [6, 6.07) is 10.9. The molecule has 1 aliphatic rings. The molecule has 0 bridgehead atoms. The molecule has 2 atom stereocenters. The fraction of sp³-hybridized carbons (Fsp3) is 0.552. The molecule has 3 N–H and O–H groups in total. The average molecular weight is 519 g/mol. The van der Waals surface area contributed by atoms with Gasteiger partial charge in [-0.25, -0.2) is 8.78 Å². The van der Waals surface area contributed by atoms with Gasteiger partial charge < -0.3 is 25.2 Å². The molecule has 0 saturated heterocycles. The molecule has 0 unspecified atom stereocenters. The van der Waals surface area contributed by atoms with Gasteiger partial charge in [0.2, 0.25) is 5.91 Å². The van der Waals surface area contributed by atoms with Gasteiger partial charge in [0.15, 0.2) is 0 Å². The molecule has 37 heavy (non-hydrogen) atoms. The van der Waals surface area contributed by atoms with Crippen LogP contribution in [0.15, 0.2) is 42.5 Å². The summed E-state index contributed by atoms with van der Waals surface area (Å²) < 4.78 is 38.4. The van der Waals surface area contributed by atoms with Gasteiger partial charge in [-0.05, 0) is 60.9 Å². The van der Waals surface area contributed by atoms with E-state index in [9.17, 15) is 18.7 Å². The zero-order chi connectivity index (χ0) is 26.7. The second-order valence-corrected chi connectivity index (χ2v) is 9.76. The van der Waals surface area contributed by atoms with Crippen LogP contribution in [0.4, 0.5) is 8.78 Å². The van der Waals surface area contributed by atoms with Crippen molar-refractivity contribution < 1.29 is 28.2 Å². The molecule has 0 aromatic heterocycles. The van der Waals surface area contributed by atoms with Gasteiger partial charge in [-0.3, -0.25) is 4.79 Å². The Morgan fingerprint density at radius 1 is 1.03 bits per heavy atom. The summed E-state index contributed by atoms with van der Waals surface area (Å²) in [6.07, 6.45) is 3.95. The number of carbonyl (C=O) groups excluding carboxylic acids is 1. The Morgan fingerprint density at radius 2 is 1.76 bits per heavy atom. The average Bonchev–Trinajstić information content (AvgIpc) is 3.67. The number of benzene rings is 2. The molecule has 1 fully saturated rings. The second-order valence-electron chi connectivity index (χ2n) is 9.76. The van der Waals surface area contributed by atoms with Crippen LogP contribution in [0.3, 0.4) is 0 Å². The van der Waals surface area contributed by atoms with Crippen LogP contribution in [0.1, 0.15) is 56.2 Å². The predicted octanol–water partition coefficient (Wildman–Crippen LogP) is 4.03. The quantitative estimate of drug-likeness (QED) is 0.276. The van der Waals surface area contributed by atoms with Crippen molar-refractivity contribution in [2.24, 2.45) is 0 Å². The summed E-state index contributed by atoms with van der Waals surface area (Å²) in [5.41, 5.74) is 2.58. The van der Waals surface area contributed by atoms with Crippen LogP contribution < -0.4 is 10.6 Å². The molecule has 0 aliphatic heterocycles. The normalized spacial score (nSPS) is 15.8. The number of carbonyl (C=O) groups is 1. The zero-order valence-corrected chi connectivity index (χ0v) is 21.9. The second kappa shape index (κ2) is 14.5. The van der Waals surface area contributed by atoms with Crippen LogP contribution in [-0.2, 0) is 32.6 Å². The van der Waals surface area contributed by atoms with Gasteiger partial charge in [-0.2, -0.15) is 0 Å². The fourth-order valence-electron chi connectivity index (χ4n) is 4.37. The minimum Gasteiger partial charge on any atom is -0.390 e. The number of amides is 1. The molecule has 0 radical (unpaired) electrons. The van der Waals surface area contributed by atoms with Crippen LogP contribution in [0.5, 0.6) is 0 Å². The van der Waals surface area contributed by atoms with Gasteiger partial charge in [-0.15, -0.1) is 0 Å². The predicted molar refractivity (Wildman–Crippen MR) is 139 cm³/mol. The number of aliphatic hydroxyl groups is 1. The lowest BCUT2D eigenvalue weighted by atomic mass is 9.98. The molecule has 1 saturated carbocycles. The first kappa shape index (κ1) is 29.2. The Morgan fingerprint density at radius 3 is 2.43 bits per heavy atom. The first-order valence-electron chi connectivity index (χ1n) is 13.3. The number of aryl methyl sites for hydroxylation is 1. The third kappa shape index (κ3) is 9.45. The number of nitrogens with one attached hydrogen (secondary N) is 2. The molecule has 1 aliphatic carbocycles. The van der Waals surface area contributed by atoms with E-state index in [2.05, 4.69) is 42.7 Å². The molecular weight excluding hydrogens is 478 g/mol. The van der Waals surface area contributed by atoms with Gasteiger partial charge in [0.05, 0.1) is 25.4 Å². The Kier molecular flexibility index (Phi) is 11.4. The molecule has 6 nitrogen and oxygen atoms in total. The fourth-order valence-corrected chi connectivity index (χ4v) is 4.37. The molecule has 0 heterocycles. The third-order valence-corrected chi connectivity index (χ3v) is 6.72. The molecule has 1 amide bonds. The van der Waals surface area contributed by atoms with Crippen LogP contribution in [0.2, 0.25) is 0 Å². The van der Waals surface area contributed by atoms with Crippen molar-refractivity contribution in [1.29, 1.82) is 0 Å². The van der Waals surface area contributed by atoms with E-state index in [1.807, 2.05) is 6.07 Å². The summed E-state index contributed by atoms with van der Waals surface area (Å²) in [4.78, 5) is 12.6. The van der Waals surface area contributed by atoms with E-state index in [0.29, 0.717) is 18.8 Å². The van der Waals surface area contributed by atoms with Gasteiger partial charge in [-0.1, -0.05) is 44.5 Å². The van der Waals surface area contributed by atoms with E-state index in [1.54, 1.807) is 0 Å². The van der Waals surface area contributed by atoms with E-state index in [-0.39, 0.29) is 31.7 Å². The highest BCUT2D eigenvalue weighted by atomic mass is 19.1. The van der Waals surface area contributed by atoms with Crippen LogP contribution in [0, 0.1) is 11.6 Å². The minimum absolute atomic E-state index is 0.0711. The van der Waals surface area contributed by atoms with Gasteiger partial charge in [0, 0.05) is 24.8 Å². The van der Waals surface area contributed by atoms with E-state index >= 15 is 0 Å². The standard InChI is InChI=1S/C29H40F2N2O4/c1-3-5-11-36-12-13-37-20-28(35)33-26(17-22-15-24(30)18-25(31)16-22)27(34)19-32-29(9-10-29)23-8-6-7-21(4-2)14-23/h6-8,14-16,18,26-27,32,34H,3-5,9-13,17,19-20H2,1-2H3,(H,33,35)/t26-,27+/m0/s1. The van der Waals surface area contributed by atoms with Gasteiger partial charge >= 0.3 is 0 Å². The van der Waals surface area contributed by atoms with Crippen molar-refractivity contribution in [1.82, 2.24) is 10.6 Å². The zero-order valence-electron chi connectivity index (χ0n) is 21.9. The molecule has 204 valence electrons. The summed E-state index contributed by atoms with van der Waals surface area (Å²) in [5.74, 6) is -1.81. The summed E-state index contributed by atoms with van der Waals surface area (Å²) >= 11 is 0.